The van der Waals surface area contributed by atoms with Gasteiger partial charge in [0.25, 0.3) is 0 Å². The fourth-order valence-corrected chi connectivity index (χ4v) is 1.80. The number of rotatable bonds is 5. The van der Waals surface area contributed by atoms with E-state index in [0.29, 0.717) is 24.3 Å². The van der Waals surface area contributed by atoms with Gasteiger partial charge in [-0.05, 0) is 17.7 Å². The zero-order valence-electron chi connectivity index (χ0n) is 10.6. The second-order valence-electron chi connectivity index (χ2n) is 4.13. The molecule has 2 rings (SSSR count). The lowest BCUT2D eigenvalue weighted by Gasteiger charge is -2.02. The third-order valence-electron chi connectivity index (χ3n) is 2.78. The van der Waals surface area contributed by atoms with Crippen LogP contribution in [0, 0.1) is 17.1 Å². The Kier molecular flexibility index (Phi) is 4.26. The number of benzene rings is 1. The molecule has 0 amide bonds. The molecule has 0 spiro atoms. The van der Waals surface area contributed by atoms with Crippen molar-refractivity contribution in [3.8, 4) is 17.2 Å². The highest BCUT2D eigenvalue weighted by Crippen LogP contribution is 2.23. The number of hydrogen-bond acceptors (Lipinski definition) is 3. The summed E-state index contributed by atoms with van der Waals surface area (Å²) in [5.74, 6) is -0.312. The van der Waals surface area contributed by atoms with E-state index < -0.39 is 0 Å². The van der Waals surface area contributed by atoms with Gasteiger partial charge < -0.3 is 4.74 Å². The summed E-state index contributed by atoms with van der Waals surface area (Å²) in [7, 11) is 1.62. The Balaban J connectivity index is 2.27. The Morgan fingerprint density at radius 2 is 2.32 bits per heavy atom. The zero-order chi connectivity index (χ0) is 13.7. The lowest BCUT2D eigenvalue weighted by atomic mass is 10.0. The first-order valence-corrected chi connectivity index (χ1v) is 5.91. The first kappa shape index (κ1) is 13.2. The van der Waals surface area contributed by atoms with Crippen LogP contribution in [-0.4, -0.2) is 23.5 Å². The van der Waals surface area contributed by atoms with E-state index in [1.165, 1.54) is 6.07 Å². The van der Waals surface area contributed by atoms with E-state index in [1.54, 1.807) is 36.3 Å². The number of nitriles is 1. The molecule has 5 heteroatoms. The molecule has 0 unspecified atom stereocenters. The quantitative estimate of drug-likeness (QED) is 0.828. The van der Waals surface area contributed by atoms with Crippen molar-refractivity contribution in [2.75, 3.05) is 13.7 Å². The zero-order valence-corrected chi connectivity index (χ0v) is 10.6. The van der Waals surface area contributed by atoms with Crippen LogP contribution in [0.1, 0.15) is 5.56 Å². The van der Waals surface area contributed by atoms with Crippen LogP contribution in [0.5, 0.6) is 0 Å². The summed E-state index contributed by atoms with van der Waals surface area (Å²) in [5.41, 5.74) is 1.97. The first-order valence-electron chi connectivity index (χ1n) is 5.91. The summed E-state index contributed by atoms with van der Waals surface area (Å²) in [5, 5.41) is 12.8. The molecular weight excluding hydrogens is 245 g/mol. The fourth-order valence-electron chi connectivity index (χ4n) is 1.80. The van der Waals surface area contributed by atoms with E-state index in [1.807, 2.05) is 0 Å². The van der Waals surface area contributed by atoms with Crippen molar-refractivity contribution >= 4 is 0 Å². The molecule has 0 saturated carbocycles. The average molecular weight is 259 g/mol. The van der Waals surface area contributed by atoms with Gasteiger partial charge in [0.2, 0.25) is 0 Å². The molecular formula is C14H14FN3O. The van der Waals surface area contributed by atoms with Crippen molar-refractivity contribution in [2.45, 2.75) is 13.0 Å². The highest BCUT2D eigenvalue weighted by molar-refractivity contribution is 5.63. The summed E-state index contributed by atoms with van der Waals surface area (Å²) >= 11 is 0. The van der Waals surface area contributed by atoms with Crippen molar-refractivity contribution in [1.82, 2.24) is 9.78 Å². The lowest BCUT2D eigenvalue weighted by Crippen LogP contribution is -2.03. The molecule has 0 saturated heterocycles. The summed E-state index contributed by atoms with van der Waals surface area (Å²) in [4.78, 5) is 0. The predicted molar refractivity (Wildman–Crippen MR) is 68.8 cm³/mol. The van der Waals surface area contributed by atoms with E-state index in [2.05, 4.69) is 11.2 Å². The van der Waals surface area contributed by atoms with Crippen LogP contribution in [0.3, 0.4) is 0 Å². The monoisotopic (exact) mass is 259 g/mol. The maximum atomic E-state index is 13.8. The third kappa shape index (κ3) is 3.18. The molecule has 0 bridgehead atoms. The highest BCUT2D eigenvalue weighted by Gasteiger charge is 2.08. The fraction of sp³-hybridized carbons (Fsp3) is 0.286. The molecule has 1 aromatic heterocycles. The molecule has 98 valence electrons. The van der Waals surface area contributed by atoms with Crippen molar-refractivity contribution in [3.63, 3.8) is 0 Å². The molecule has 1 aromatic carbocycles. The molecule has 0 aliphatic carbocycles. The van der Waals surface area contributed by atoms with E-state index in [-0.39, 0.29) is 12.2 Å². The lowest BCUT2D eigenvalue weighted by molar-refractivity contribution is 0.183. The maximum Gasteiger partial charge on any atom is 0.131 e. The summed E-state index contributed by atoms with van der Waals surface area (Å²) in [6, 6.07) is 6.75. The van der Waals surface area contributed by atoms with Crippen LogP contribution in [-0.2, 0) is 17.7 Å². The van der Waals surface area contributed by atoms with Gasteiger partial charge in [0, 0.05) is 24.4 Å². The minimum atomic E-state index is -0.312. The van der Waals surface area contributed by atoms with Crippen LogP contribution in [0.25, 0.3) is 11.1 Å². The molecule has 19 heavy (non-hydrogen) atoms. The molecule has 0 fully saturated rings. The molecule has 0 aliphatic rings. The number of nitrogens with zero attached hydrogens (tertiary/aromatic N) is 3. The van der Waals surface area contributed by atoms with Crippen molar-refractivity contribution in [1.29, 1.82) is 5.26 Å². The van der Waals surface area contributed by atoms with Crippen molar-refractivity contribution in [2.24, 2.45) is 0 Å². The Bertz CT molecular complexity index is 601. The summed E-state index contributed by atoms with van der Waals surface area (Å²) in [6.45, 7) is 1.17. The number of hydrogen-bond donors (Lipinski definition) is 0. The van der Waals surface area contributed by atoms with E-state index in [0.717, 1.165) is 5.56 Å². The van der Waals surface area contributed by atoms with Crippen LogP contribution in [0.4, 0.5) is 4.39 Å². The van der Waals surface area contributed by atoms with Gasteiger partial charge >= 0.3 is 0 Å². The largest absolute Gasteiger partial charge is 0.383 e. The molecule has 4 nitrogen and oxygen atoms in total. The Morgan fingerprint density at radius 1 is 1.47 bits per heavy atom. The Hall–Kier alpha value is -2.19. The van der Waals surface area contributed by atoms with Gasteiger partial charge in [-0.3, -0.25) is 4.68 Å². The third-order valence-corrected chi connectivity index (χ3v) is 2.78. The summed E-state index contributed by atoms with van der Waals surface area (Å²) in [6.07, 6.45) is 3.66. The average Bonchev–Trinajstić information content (AvgIpc) is 2.87. The van der Waals surface area contributed by atoms with Gasteiger partial charge in [0.05, 0.1) is 31.8 Å². The van der Waals surface area contributed by atoms with Gasteiger partial charge in [0.15, 0.2) is 0 Å². The van der Waals surface area contributed by atoms with E-state index in [9.17, 15) is 4.39 Å². The van der Waals surface area contributed by atoms with Gasteiger partial charge in [-0.1, -0.05) is 6.07 Å². The molecule has 0 aliphatic heterocycles. The van der Waals surface area contributed by atoms with E-state index in [4.69, 9.17) is 10.00 Å². The molecule has 0 radical (unpaired) electrons. The topological polar surface area (TPSA) is 50.8 Å². The smallest absolute Gasteiger partial charge is 0.131 e. The minimum Gasteiger partial charge on any atom is -0.383 e. The highest BCUT2D eigenvalue weighted by atomic mass is 19.1. The maximum absolute atomic E-state index is 13.8. The van der Waals surface area contributed by atoms with E-state index >= 15 is 0 Å². The van der Waals surface area contributed by atoms with Gasteiger partial charge in [0.1, 0.15) is 5.82 Å². The van der Waals surface area contributed by atoms with Crippen molar-refractivity contribution < 1.29 is 9.13 Å². The standard InChI is InChI=1S/C14H14FN3O/c1-19-7-6-18-10-12(9-17-18)13-8-11(4-5-16)2-3-14(13)15/h2-3,8-10H,4,6-7H2,1H3. The number of aromatic nitrogens is 2. The SMILES string of the molecule is COCCn1cc(-c2cc(CC#N)ccc2F)cn1. The van der Waals surface area contributed by atoms with Crippen LogP contribution in [0.15, 0.2) is 30.6 Å². The molecule has 0 atom stereocenters. The van der Waals surface area contributed by atoms with Crippen LogP contribution < -0.4 is 0 Å². The second kappa shape index (κ2) is 6.12. The van der Waals surface area contributed by atoms with Crippen LogP contribution >= 0.6 is 0 Å². The summed E-state index contributed by atoms with van der Waals surface area (Å²) < 4.78 is 20.5. The normalized spacial score (nSPS) is 10.4. The first-order chi connectivity index (χ1) is 9.24. The van der Waals surface area contributed by atoms with Crippen LogP contribution in [0.2, 0.25) is 0 Å². The number of methoxy groups -OCH3 is 1. The molecule has 2 aromatic rings. The van der Waals surface area contributed by atoms with Gasteiger partial charge in [-0.2, -0.15) is 10.4 Å². The molecule has 0 N–H and O–H groups in total. The molecule has 1 heterocycles. The Morgan fingerprint density at radius 3 is 3.05 bits per heavy atom. The Labute approximate surface area is 111 Å². The second-order valence-corrected chi connectivity index (χ2v) is 4.13. The number of halogens is 1. The van der Waals surface area contributed by atoms with Gasteiger partial charge in [-0.25, -0.2) is 4.39 Å². The minimum absolute atomic E-state index is 0.269. The van der Waals surface area contributed by atoms with Crippen molar-refractivity contribution in [3.05, 3.63) is 42.0 Å². The number of ether oxygens (including phenoxy) is 1. The van der Waals surface area contributed by atoms with Gasteiger partial charge in [-0.15, -0.1) is 0 Å². The predicted octanol–water partition coefficient (Wildman–Crippen LogP) is 2.40.